The molecule has 246 valence electrons. The normalized spacial score (nSPS) is 18.7. The molecule has 2 atom stereocenters. The minimum atomic E-state index is -3.66. The van der Waals surface area contributed by atoms with Gasteiger partial charge >= 0.3 is 0 Å². The molecule has 0 amide bonds. The van der Waals surface area contributed by atoms with Crippen molar-refractivity contribution in [3.05, 3.63) is 102 Å². The molecule has 0 saturated carbocycles. The molecule has 45 heavy (non-hydrogen) atoms. The molecule has 3 aromatic carbocycles. The van der Waals surface area contributed by atoms with Crippen LogP contribution in [0.15, 0.2) is 89.8 Å². The zero-order chi connectivity index (χ0) is 31.6. The highest BCUT2D eigenvalue weighted by molar-refractivity contribution is 7.86. The van der Waals surface area contributed by atoms with E-state index in [0.717, 1.165) is 55.4 Å². The quantitative estimate of drug-likeness (QED) is 0.171. The zero-order valence-electron chi connectivity index (χ0n) is 26.4. The van der Waals surface area contributed by atoms with Gasteiger partial charge in [-0.25, -0.2) is 0 Å². The second kappa shape index (κ2) is 19.8. The molecule has 0 aromatic heterocycles. The van der Waals surface area contributed by atoms with Crippen molar-refractivity contribution in [2.45, 2.75) is 81.9 Å². The number of rotatable bonds is 15. The molecule has 3 aromatic rings. The number of benzene rings is 3. The summed E-state index contributed by atoms with van der Waals surface area (Å²) >= 11 is 0. The summed E-state index contributed by atoms with van der Waals surface area (Å²) in [7, 11) is -3.66. The van der Waals surface area contributed by atoms with Gasteiger partial charge in [0.1, 0.15) is 6.10 Å². The van der Waals surface area contributed by atoms with Gasteiger partial charge in [-0.3, -0.25) is 4.18 Å². The molecule has 2 heterocycles. The molecule has 9 heteroatoms. The summed E-state index contributed by atoms with van der Waals surface area (Å²) in [4.78, 5) is 0.198. The Morgan fingerprint density at radius 2 is 1.20 bits per heavy atom. The van der Waals surface area contributed by atoms with Gasteiger partial charge in [0.15, 0.2) is 0 Å². The first-order valence-electron chi connectivity index (χ1n) is 16.0. The lowest BCUT2D eigenvalue weighted by atomic mass is 10.1. The van der Waals surface area contributed by atoms with E-state index in [1.54, 1.807) is 24.3 Å². The molecule has 2 saturated heterocycles. The second-order valence-corrected chi connectivity index (χ2v) is 13.1. The maximum absolute atomic E-state index is 11.9. The Balaban J connectivity index is 0.000000222. The monoisotopic (exact) mass is 640 g/mol. The van der Waals surface area contributed by atoms with Crippen LogP contribution < -0.4 is 0 Å². The van der Waals surface area contributed by atoms with Crippen LogP contribution >= 0.6 is 0 Å². The van der Waals surface area contributed by atoms with Crippen molar-refractivity contribution in [3.63, 3.8) is 0 Å². The molecular formula is C36H48O8S. The number of aryl methyl sites for hydroxylation is 1. The summed E-state index contributed by atoms with van der Waals surface area (Å²) in [6.45, 7) is 6.34. The minimum Gasteiger partial charge on any atom is -0.376 e. The van der Waals surface area contributed by atoms with Gasteiger partial charge in [0.2, 0.25) is 0 Å². The average molecular weight is 641 g/mol. The SMILES string of the molecule is Cc1ccc(S(=O)(=O)OCC2CCCCO2)cc1.c1ccc(COCC(COCc2ccccc2)OCC2CCCCO2)cc1. The topological polar surface area (TPSA) is 89.5 Å². The third-order valence-electron chi connectivity index (χ3n) is 7.62. The fourth-order valence-electron chi connectivity index (χ4n) is 4.97. The first-order chi connectivity index (χ1) is 22.0. The van der Waals surface area contributed by atoms with Crippen LogP contribution in [-0.2, 0) is 51.2 Å². The average Bonchev–Trinajstić information content (AvgIpc) is 3.08. The van der Waals surface area contributed by atoms with Crippen LogP contribution in [0.1, 0.15) is 55.2 Å². The Morgan fingerprint density at radius 3 is 1.69 bits per heavy atom. The van der Waals surface area contributed by atoms with Gasteiger partial charge in [-0.1, -0.05) is 78.4 Å². The molecule has 0 aliphatic carbocycles. The lowest BCUT2D eigenvalue weighted by Gasteiger charge is -2.25. The molecule has 2 fully saturated rings. The van der Waals surface area contributed by atoms with Crippen LogP contribution in [-0.4, -0.2) is 66.4 Å². The third-order valence-corrected chi connectivity index (χ3v) is 8.91. The number of hydrogen-bond acceptors (Lipinski definition) is 8. The smallest absolute Gasteiger partial charge is 0.297 e. The molecule has 0 radical (unpaired) electrons. The van der Waals surface area contributed by atoms with Crippen LogP contribution in [0.5, 0.6) is 0 Å². The van der Waals surface area contributed by atoms with Crippen LogP contribution in [0.3, 0.4) is 0 Å². The summed E-state index contributed by atoms with van der Waals surface area (Å²) < 4.78 is 57.9. The van der Waals surface area contributed by atoms with E-state index in [1.807, 2.05) is 43.3 Å². The first kappa shape index (κ1) is 35.2. The van der Waals surface area contributed by atoms with Crippen LogP contribution in [0.25, 0.3) is 0 Å². The van der Waals surface area contributed by atoms with Crippen LogP contribution in [0.2, 0.25) is 0 Å². The fraction of sp³-hybridized carbons (Fsp3) is 0.500. The van der Waals surface area contributed by atoms with Crippen LogP contribution in [0, 0.1) is 6.92 Å². The lowest BCUT2D eigenvalue weighted by molar-refractivity contribution is -0.106. The highest BCUT2D eigenvalue weighted by Crippen LogP contribution is 2.18. The van der Waals surface area contributed by atoms with Crippen molar-refractivity contribution in [3.8, 4) is 0 Å². The van der Waals surface area contributed by atoms with E-state index in [0.29, 0.717) is 39.6 Å². The highest BCUT2D eigenvalue weighted by Gasteiger charge is 2.21. The number of hydrogen-bond donors (Lipinski definition) is 0. The summed E-state index contributed by atoms with van der Waals surface area (Å²) in [5.41, 5.74) is 3.35. The van der Waals surface area contributed by atoms with E-state index in [4.69, 9.17) is 27.9 Å². The van der Waals surface area contributed by atoms with E-state index in [1.165, 1.54) is 6.42 Å². The summed E-state index contributed by atoms with van der Waals surface area (Å²) in [6, 6.07) is 27.0. The Morgan fingerprint density at radius 1 is 0.689 bits per heavy atom. The molecule has 2 aliphatic rings. The Hall–Kier alpha value is -2.63. The second-order valence-electron chi connectivity index (χ2n) is 11.5. The Kier molecular flexibility index (Phi) is 15.5. The van der Waals surface area contributed by atoms with Crippen molar-refractivity contribution in [2.75, 3.05) is 39.6 Å². The van der Waals surface area contributed by atoms with Gasteiger partial charge in [0.05, 0.1) is 56.7 Å². The molecule has 0 N–H and O–H groups in total. The van der Waals surface area contributed by atoms with Crippen molar-refractivity contribution >= 4 is 10.1 Å². The van der Waals surface area contributed by atoms with Gasteiger partial charge < -0.3 is 23.7 Å². The van der Waals surface area contributed by atoms with Gasteiger partial charge in [-0.2, -0.15) is 8.42 Å². The fourth-order valence-corrected chi connectivity index (χ4v) is 5.91. The Labute approximate surface area is 269 Å². The summed E-state index contributed by atoms with van der Waals surface area (Å²) in [6.07, 6.45) is 6.42. The molecule has 8 nitrogen and oxygen atoms in total. The van der Waals surface area contributed by atoms with E-state index in [9.17, 15) is 8.42 Å². The molecular weight excluding hydrogens is 592 g/mol. The molecule has 0 bridgehead atoms. The van der Waals surface area contributed by atoms with Gasteiger partial charge in [-0.15, -0.1) is 0 Å². The third kappa shape index (κ3) is 13.7. The first-order valence-corrected chi connectivity index (χ1v) is 17.4. The summed E-state index contributed by atoms with van der Waals surface area (Å²) in [5.74, 6) is 0. The minimum absolute atomic E-state index is 0.0945. The molecule has 5 rings (SSSR count). The maximum Gasteiger partial charge on any atom is 0.297 e. The van der Waals surface area contributed by atoms with Gasteiger partial charge in [0, 0.05) is 13.2 Å². The summed E-state index contributed by atoms with van der Waals surface area (Å²) in [5, 5.41) is 0. The molecule has 0 spiro atoms. The standard InChI is InChI=1S/C23H30O4.C13H18O4S/c1-3-9-20(10-4-1)15-24-17-23(27-19-22-13-7-8-14-26-22)18-25-16-21-11-5-2-6-12-21;1-11-5-7-13(8-6-11)18(14,15)17-10-12-4-2-3-9-16-12/h1-6,9-12,22-23H,7-8,13-19H2;5-8,12H,2-4,9-10H2,1H3. The van der Waals surface area contributed by atoms with E-state index in [2.05, 4.69) is 24.3 Å². The zero-order valence-corrected chi connectivity index (χ0v) is 27.2. The van der Waals surface area contributed by atoms with Crippen molar-refractivity contribution < 1.29 is 36.3 Å². The highest BCUT2D eigenvalue weighted by atomic mass is 32.2. The molecule has 2 unspecified atom stereocenters. The Bertz CT molecular complexity index is 1240. The van der Waals surface area contributed by atoms with Crippen molar-refractivity contribution in [1.29, 1.82) is 0 Å². The van der Waals surface area contributed by atoms with Crippen LogP contribution in [0.4, 0.5) is 0 Å². The predicted octanol–water partition coefficient (Wildman–Crippen LogP) is 6.64. The van der Waals surface area contributed by atoms with E-state index >= 15 is 0 Å². The van der Waals surface area contributed by atoms with Gasteiger partial charge in [0.25, 0.3) is 10.1 Å². The van der Waals surface area contributed by atoms with Gasteiger partial charge in [-0.05, 0) is 68.7 Å². The number of ether oxygens (including phenoxy) is 5. The lowest BCUT2D eigenvalue weighted by Crippen LogP contribution is -2.32. The van der Waals surface area contributed by atoms with Crippen molar-refractivity contribution in [1.82, 2.24) is 0 Å². The van der Waals surface area contributed by atoms with E-state index < -0.39 is 10.1 Å². The maximum atomic E-state index is 11.9. The molecule has 2 aliphatic heterocycles. The van der Waals surface area contributed by atoms with E-state index in [-0.39, 0.29) is 29.8 Å². The van der Waals surface area contributed by atoms with Crippen molar-refractivity contribution in [2.24, 2.45) is 0 Å². The largest absolute Gasteiger partial charge is 0.376 e. The predicted molar refractivity (Wildman–Crippen MR) is 173 cm³/mol.